The van der Waals surface area contributed by atoms with Crippen molar-refractivity contribution < 1.29 is 9.90 Å². The Kier molecular flexibility index (Phi) is 4.48. The summed E-state index contributed by atoms with van der Waals surface area (Å²) in [7, 11) is 0. The average Bonchev–Trinajstić information content (AvgIpc) is 2.81. The molecule has 1 aliphatic heterocycles. The van der Waals surface area contributed by atoms with Gasteiger partial charge in [-0.2, -0.15) is 23.1 Å². The number of nitrogens with zero attached hydrogens (tertiary/aromatic N) is 1. The highest BCUT2D eigenvalue weighted by Crippen LogP contribution is 2.29. The molecule has 5 heteroatoms. The van der Waals surface area contributed by atoms with E-state index in [4.69, 9.17) is 5.11 Å². The molecule has 3 nitrogen and oxygen atoms in total. The standard InChI is InChI=1S/C12H17NO2S2/c1-9(10-2-4-16-7-10)13-3-5-17-8-11(13)6-12(14)15/h2,4,7,9,11H,3,5-6,8H2,1H3,(H,14,15). The number of aliphatic carboxylic acids is 1. The number of hydrogen-bond donors (Lipinski definition) is 1. The highest BCUT2D eigenvalue weighted by Gasteiger charge is 2.29. The monoisotopic (exact) mass is 271 g/mol. The van der Waals surface area contributed by atoms with Gasteiger partial charge in [0.1, 0.15) is 0 Å². The predicted molar refractivity (Wildman–Crippen MR) is 72.8 cm³/mol. The SMILES string of the molecule is CC(c1ccsc1)N1CCSCC1CC(=O)O. The van der Waals surface area contributed by atoms with E-state index >= 15 is 0 Å². The lowest BCUT2D eigenvalue weighted by Gasteiger charge is -2.38. The molecule has 1 aliphatic rings. The van der Waals surface area contributed by atoms with E-state index < -0.39 is 5.97 Å². The molecule has 0 amide bonds. The number of carboxylic acid groups (broad SMARTS) is 1. The molecule has 1 fully saturated rings. The van der Waals surface area contributed by atoms with Crippen molar-refractivity contribution in [2.45, 2.75) is 25.4 Å². The molecule has 1 aromatic rings. The van der Waals surface area contributed by atoms with Crippen LogP contribution in [0.15, 0.2) is 16.8 Å². The van der Waals surface area contributed by atoms with Crippen LogP contribution in [0.2, 0.25) is 0 Å². The van der Waals surface area contributed by atoms with Crippen molar-refractivity contribution in [1.82, 2.24) is 4.90 Å². The molecule has 2 unspecified atom stereocenters. The second-order valence-electron chi connectivity index (χ2n) is 4.30. The lowest BCUT2D eigenvalue weighted by atomic mass is 10.1. The summed E-state index contributed by atoms with van der Waals surface area (Å²) in [6, 6.07) is 2.63. The van der Waals surface area contributed by atoms with Gasteiger partial charge in [-0.05, 0) is 29.3 Å². The van der Waals surface area contributed by atoms with Crippen molar-refractivity contribution in [3.05, 3.63) is 22.4 Å². The topological polar surface area (TPSA) is 40.5 Å². The number of thiophene rings is 1. The predicted octanol–water partition coefficient (Wildman–Crippen LogP) is 2.70. The van der Waals surface area contributed by atoms with E-state index in [2.05, 4.69) is 28.7 Å². The summed E-state index contributed by atoms with van der Waals surface area (Å²) >= 11 is 3.56. The summed E-state index contributed by atoms with van der Waals surface area (Å²) in [4.78, 5) is 13.2. The van der Waals surface area contributed by atoms with E-state index in [0.29, 0.717) is 6.04 Å². The summed E-state index contributed by atoms with van der Waals surface area (Å²) in [5.74, 6) is 1.34. The summed E-state index contributed by atoms with van der Waals surface area (Å²) < 4.78 is 0. The molecule has 0 aromatic carbocycles. The fraction of sp³-hybridized carbons (Fsp3) is 0.583. The van der Waals surface area contributed by atoms with Gasteiger partial charge in [-0.25, -0.2) is 0 Å². The zero-order valence-electron chi connectivity index (χ0n) is 9.83. The quantitative estimate of drug-likeness (QED) is 0.914. The second kappa shape index (κ2) is 5.89. The summed E-state index contributed by atoms with van der Waals surface area (Å²) in [5, 5.41) is 13.2. The van der Waals surface area contributed by atoms with Gasteiger partial charge in [0.15, 0.2) is 0 Å². The Bertz CT molecular complexity index is 367. The Morgan fingerprint density at radius 2 is 2.53 bits per heavy atom. The minimum Gasteiger partial charge on any atom is -0.481 e. The van der Waals surface area contributed by atoms with E-state index in [1.54, 1.807) is 11.3 Å². The van der Waals surface area contributed by atoms with E-state index in [9.17, 15) is 4.79 Å². The van der Waals surface area contributed by atoms with Gasteiger partial charge in [0.25, 0.3) is 0 Å². The molecule has 1 saturated heterocycles. The van der Waals surface area contributed by atoms with Gasteiger partial charge < -0.3 is 5.11 Å². The normalized spacial score (nSPS) is 23.5. The minimum absolute atomic E-state index is 0.168. The lowest BCUT2D eigenvalue weighted by molar-refractivity contribution is -0.138. The van der Waals surface area contributed by atoms with Gasteiger partial charge in [-0.1, -0.05) is 0 Å². The highest BCUT2D eigenvalue weighted by molar-refractivity contribution is 7.99. The van der Waals surface area contributed by atoms with Crippen LogP contribution in [0.4, 0.5) is 0 Å². The van der Waals surface area contributed by atoms with Crippen LogP contribution in [0.3, 0.4) is 0 Å². The first-order valence-electron chi connectivity index (χ1n) is 5.76. The van der Waals surface area contributed by atoms with Crippen molar-refractivity contribution in [3.8, 4) is 0 Å². The number of rotatable bonds is 4. The fourth-order valence-corrected chi connectivity index (χ4v) is 4.09. The number of hydrogen-bond acceptors (Lipinski definition) is 4. The molecule has 1 aromatic heterocycles. The summed E-state index contributed by atoms with van der Waals surface area (Å²) in [6.07, 6.45) is 0.251. The minimum atomic E-state index is -0.694. The zero-order valence-corrected chi connectivity index (χ0v) is 11.5. The van der Waals surface area contributed by atoms with Crippen molar-refractivity contribution >= 4 is 29.1 Å². The average molecular weight is 271 g/mol. The molecular formula is C12H17NO2S2. The van der Waals surface area contributed by atoms with Gasteiger partial charge in [-0.3, -0.25) is 9.69 Å². The Hall–Kier alpha value is -0.520. The summed E-state index contributed by atoms with van der Waals surface area (Å²) in [5.41, 5.74) is 1.30. The molecule has 17 heavy (non-hydrogen) atoms. The third kappa shape index (κ3) is 3.24. The van der Waals surface area contributed by atoms with Crippen molar-refractivity contribution in [1.29, 1.82) is 0 Å². The van der Waals surface area contributed by atoms with Gasteiger partial charge in [-0.15, -0.1) is 0 Å². The van der Waals surface area contributed by atoms with Crippen molar-refractivity contribution in [3.63, 3.8) is 0 Å². The molecule has 2 rings (SSSR count). The number of carbonyl (C=O) groups is 1. The fourth-order valence-electron chi connectivity index (χ4n) is 2.26. The van der Waals surface area contributed by atoms with E-state index in [-0.39, 0.29) is 12.5 Å². The lowest BCUT2D eigenvalue weighted by Crippen LogP contribution is -2.44. The van der Waals surface area contributed by atoms with Crippen LogP contribution in [0.5, 0.6) is 0 Å². The number of thioether (sulfide) groups is 1. The van der Waals surface area contributed by atoms with Crippen LogP contribution in [0, 0.1) is 0 Å². The second-order valence-corrected chi connectivity index (χ2v) is 6.23. The molecule has 0 saturated carbocycles. The van der Waals surface area contributed by atoms with Crippen LogP contribution in [0.1, 0.15) is 24.9 Å². The maximum absolute atomic E-state index is 10.9. The Balaban J connectivity index is 2.07. The third-order valence-corrected chi connectivity index (χ3v) is 5.00. The van der Waals surface area contributed by atoms with Crippen molar-refractivity contribution in [2.24, 2.45) is 0 Å². The molecular weight excluding hydrogens is 254 g/mol. The van der Waals surface area contributed by atoms with Crippen LogP contribution < -0.4 is 0 Å². The molecule has 94 valence electrons. The first kappa shape index (κ1) is 12.9. The number of carboxylic acids is 1. The van der Waals surface area contributed by atoms with Crippen LogP contribution in [-0.4, -0.2) is 40.1 Å². The van der Waals surface area contributed by atoms with Gasteiger partial charge in [0.2, 0.25) is 0 Å². The molecule has 0 bridgehead atoms. The van der Waals surface area contributed by atoms with E-state index in [0.717, 1.165) is 18.1 Å². The van der Waals surface area contributed by atoms with Gasteiger partial charge in [0.05, 0.1) is 6.42 Å². The molecule has 0 radical (unpaired) electrons. The highest BCUT2D eigenvalue weighted by atomic mass is 32.2. The van der Waals surface area contributed by atoms with Crippen LogP contribution in [0.25, 0.3) is 0 Å². The maximum Gasteiger partial charge on any atom is 0.304 e. The Morgan fingerprint density at radius 3 is 3.18 bits per heavy atom. The first-order valence-corrected chi connectivity index (χ1v) is 7.85. The first-order chi connectivity index (χ1) is 8.18. The third-order valence-electron chi connectivity index (χ3n) is 3.21. The van der Waals surface area contributed by atoms with Gasteiger partial charge in [0, 0.05) is 30.1 Å². The Labute approximate surface area is 110 Å². The largest absolute Gasteiger partial charge is 0.481 e. The molecule has 1 N–H and O–H groups in total. The maximum atomic E-state index is 10.9. The zero-order chi connectivity index (χ0) is 12.3. The molecule has 2 atom stereocenters. The van der Waals surface area contributed by atoms with Crippen molar-refractivity contribution in [2.75, 3.05) is 18.1 Å². The molecule has 0 spiro atoms. The van der Waals surface area contributed by atoms with E-state index in [1.165, 1.54) is 5.56 Å². The summed E-state index contributed by atoms with van der Waals surface area (Å²) in [6.45, 7) is 3.16. The molecule has 0 aliphatic carbocycles. The van der Waals surface area contributed by atoms with Crippen LogP contribution in [-0.2, 0) is 4.79 Å². The smallest absolute Gasteiger partial charge is 0.304 e. The van der Waals surface area contributed by atoms with Gasteiger partial charge >= 0.3 is 5.97 Å². The van der Waals surface area contributed by atoms with Crippen LogP contribution >= 0.6 is 23.1 Å². The van der Waals surface area contributed by atoms with E-state index in [1.807, 2.05) is 11.8 Å². The Morgan fingerprint density at radius 1 is 1.71 bits per heavy atom. The molecule has 2 heterocycles.